The molecule has 1 heterocycles. The van der Waals surface area contributed by atoms with Crippen molar-refractivity contribution in [2.75, 3.05) is 20.2 Å². The second-order valence-corrected chi connectivity index (χ2v) is 5.17. The van der Waals surface area contributed by atoms with E-state index < -0.39 is 0 Å². The minimum atomic E-state index is -0.148. The van der Waals surface area contributed by atoms with Gasteiger partial charge in [-0.25, -0.2) is 0 Å². The molecule has 0 radical (unpaired) electrons. The van der Waals surface area contributed by atoms with Gasteiger partial charge in [0.25, 0.3) is 0 Å². The minimum absolute atomic E-state index is 0. The molecule has 2 atom stereocenters. The summed E-state index contributed by atoms with van der Waals surface area (Å²) in [4.78, 5) is 0. The molecule has 5 heteroatoms. The van der Waals surface area contributed by atoms with Gasteiger partial charge in [-0.05, 0) is 32.2 Å². The van der Waals surface area contributed by atoms with E-state index in [9.17, 15) is 0 Å². The van der Waals surface area contributed by atoms with Gasteiger partial charge in [0.05, 0.1) is 6.61 Å². The summed E-state index contributed by atoms with van der Waals surface area (Å²) in [5.74, 6) is 2.40. The Morgan fingerprint density at radius 3 is 2.48 bits per heavy atom. The lowest BCUT2D eigenvalue weighted by atomic mass is 10.1. The van der Waals surface area contributed by atoms with Crippen molar-refractivity contribution in [3.63, 3.8) is 0 Å². The molecule has 0 aliphatic carbocycles. The highest BCUT2D eigenvalue weighted by Gasteiger charge is 2.36. The van der Waals surface area contributed by atoms with Crippen LogP contribution in [0, 0.1) is 0 Å². The summed E-state index contributed by atoms with van der Waals surface area (Å²) in [5, 5.41) is 3.16. The fourth-order valence-corrected chi connectivity index (χ4v) is 2.70. The van der Waals surface area contributed by atoms with Crippen LogP contribution >= 0.6 is 12.4 Å². The number of likely N-dealkylation sites (N-methyl/N-ethyl adjacent to an activating group) is 1. The lowest BCUT2D eigenvalue weighted by Crippen LogP contribution is -2.33. The summed E-state index contributed by atoms with van der Waals surface area (Å²) in [6.45, 7) is 3.29. The van der Waals surface area contributed by atoms with Crippen LogP contribution in [0.1, 0.15) is 18.6 Å². The first kappa shape index (κ1) is 17.4. The van der Waals surface area contributed by atoms with Gasteiger partial charge in [0, 0.05) is 12.1 Å². The number of ether oxygens (including phenoxy) is 3. The molecule has 2 aromatic rings. The van der Waals surface area contributed by atoms with Gasteiger partial charge in [0.1, 0.15) is 5.75 Å². The van der Waals surface area contributed by atoms with E-state index in [1.807, 2.05) is 56.4 Å². The summed E-state index contributed by atoms with van der Waals surface area (Å²) in [7, 11) is 1.91. The molecular weight excluding hydrogens is 314 g/mol. The molecule has 0 saturated heterocycles. The average molecular weight is 336 g/mol. The minimum Gasteiger partial charge on any atom is -0.490 e. The topological polar surface area (TPSA) is 39.7 Å². The van der Waals surface area contributed by atoms with E-state index in [2.05, 4.69) is 11.4 Å². The van der Waals surface area contributed by atoms with Crippen LogP contribution in [0.5, 0.6) is 17.2 Å². The summed E-state index contributed by atoms with van der Waals surface area (Å²) >= 11 is 0. The highest BCUT2D eigenvalue weighted by Crippen LogP contribution is 2.41. The van der Waals surface area contributed by atoms with E-state index in [0.717, 1.165) is 29.4 Å². The standard InChI is InChI=1S/C18H21NO3.ClH/c1-3-20-15-10-6-7-11-16(15)22-18-13-8-4-5-9-14(13)21-17(18)12-19-2;/h4-11,17-19H,3,12H2,1-2H3;1H/t17-,18+;/m1./s1. The van der Waals surface area contributed by atoms with Gasteiger partial charge in [-0.15, -0.1) is 12.4 Å². The van der Waals surface area contributed by atoms with E-state index in [4.69, 9.17) is 14.2 Å². The zero-order valence-electron chi connectivity index (χ0n) is 13.3. The van der Waals surface area contributed by atoms with Gasteiger partial charge in [0.2, 0.25) is 0 Å². The Morgan fingerprint density at radius 2 is 1.74 bits per heavy atom. The normalized spacial score (nSPS) is 18.5. The zero-order valence-corrected chi connectivity index (χ0v) is 14.1. The maximum absolute atomic E-state index is 6.26. The number of para-hydroxylation sites is 3. The number of hydrogen-bond donors (Lipinski definition) is 1. The van der Waals surface area contributed by atoms with Gasteiger partial charge in [-0.3, -0.25) is 0 Å². The first-order valence-electron chi connectivity index (χ1n) is 7.62. The average Bonchev–Trinajstić information content (AvgIpc) is 2.88. The van der Waals surface area contributed by atoms with E-state index in [1.54, 1.807) is 0 Å². The van der Waals surface area contributed by atoms with Crippen molar-refractivity contribution in [3.8, 4) is 17.2 Å². The van der Waals surface area contributed by atoms with E-state index in [1.165, 1.54) is 0 Å². The highest BCUT2D eigenvalue weighted by atomic mass is 35.5. The largest absolute Gasteiger partial charge is 0.490 e. The second kappa shape index (κ2) is 8.09. The van der Waals surface area contributed by atoms with Crippen molar-refractivity contribution < 1.29 is 14.2 Å². The molecule has 4 nitrogen and oxygen atoms in total. The molecule has 1 N–H and O–H groups in total. The molecule has 0 bridgehead atoms. The van der Waals surface area contributed by atoms with Crippen LogP contribution in [0.25, 0.3) is 0 Å². The van der Waals surface area contributed by atoms with E-state index in [-0.39, 0.29) is 24.6 Å². The third kappa shape index (κ3) is 3.71. The Kier molecular flexibility index (Phi) is 6.13. The smallest absolute Gasteiger partial charge is 0.165 e. The summed E-state index contributed by atoms with van der Waals surface area (Å²) in [6.07, 6.45) is -0.206. The fraction of sp³-hybridized carbons (Fsp3) is 0.333. The van der Waals surface area contributed by atoms with E-state index in [0.29, 0.717) is 6.61 Å². The number of rotatable bonds is 6. The molecule has 0 unspecified atom stereocenters. The molecule has 0 aromatic heterocycles. The third-order valence-corrected chi connectivity index (χ3v) is 3.65. The molecule has 0 amide bonds. The second-order valence-electron chi connectivity index (χ2n) is 5.17. The molecular formula is C18H22ClNO3. The number of benzene rings is 2. The van der Waals surface area contributed by atoms with Gasteiger partial charge in [-0.1, -0.05) is 30.3 Å². The molecule has 23 heavy (non-hydrogen) atoms. The van der Waals surface area contributed by atoms with Crippen LogP contribution < -0.4 is 19.5 Å². The Labute approximate surface area is 143 Å². The third-order valence-electron chi connectivity index (χ3n) is 3.65. The number of halogens is 1. The molecule has 1 aliphatic heterocycles. The highest BCUT2D eigenvalue weighted by molar-refractivity contribution is 5.85. The zero-order chi connectivity index (χ0) is 15.4. The number of hydrogen-bond acceptors (Lipinski definition) is 4. The van der Waals surface area contributed by atoms with Gasteiger partial charge in [0.15, 0.2) is 23.7 Å². The molecule has 0 fully saturated rings. The van der Waals surface area contributed by atoms with Crippen molar-refractivity contribution in [1.29, 1.82) is 0 Å². The summed E-state index contributed by atoms with van der Waals surface area (Å²) in [6, 6.07) is 15.8. The summed E-state index contributed by atoms with van der Waals surface area (Å²) < 4.78 is 17.9. The lowest BCUT2D eigenvalue weighted by Gasteiger charge is -2.21. The molecule has 124 valence electrons. The molecule has 0 spiro atoms. The van der Waals surface area contributed by atoms with Crippen LogP contribution in [-0.2, 0) is 0 Å². The molecule has 2 aromatic carbocycles. The van der Waals surface area contributed by atoms with Gasteiger partial charge in [-0.2, -0.15) is 0 Å². The summed E-state index contributed by atoms with van der Waals surface area (Å²) in [5.41, 5.74) is 1.08. The first-order chi connectivity index (χ1) is 10.8. The first-order valence-corrected chi connectivity index (χ1v) is 7.62. The Morgan fingerprint density at radius 1 is 1.04 bits per heavy atom. The Bertz CT molecular complexity index is 635. The molecule has 3 rings (SSSR count). The predicted octanol–water partition coefficient (Wildman–Crippen LogP) is 3.61. The Balaban J connectivity index is 0.00000192. The van der Waals surface area contributed by atoms with Crippen molar-refractivity contribution in [2.24, 2.45) is 0 Å². The fourth-order valence-electron chi connectivity index (χ4n) is 2.70. The van der Waals surface area contributed by atoms with Crippen molar-refractivity contribution >= 4 is 12.4 Å². The van der Waals surface area contributed by atoms with Crippen LogP contribution in [-0.4, -0.2) is 26.3 Å². The van der Waals surface area contributed by atoms with Gasteiger partial charge < -0.3 is 19.5 Å². The predicted molar refractivity (Wildman–Crippen MR) is 93.0 cm³/mol. The number of nitrogens with one attached hydrogen (secondary N) is 1. The lowest BCUT2D eigenvalue weighted by molar-refractivity contribution is 0.0841. The monoisotopic (exact) mass is 335 g/mol. The molecule has 0 saturated carbocycles. The quantitative estimate of drug-likeness (QED) is 0.875. The van der Waals surface area contributed by atoms with Crippen molar-refractivity contribution in [3.05, 3.63) is 54.1 Å². The molecule has 1 aliphatic rings. The SMILES string of the molecule is CCOc1ccccc1O[C@H]1c2ccccc2O[C@@H]1CNC.Cl. The maximum Gasteiger partial charge on any atom is 0.165 e. The maximum atomic E-state index is 6.26. The number of fused-ring (bicyclic) bond motifs is 1. The Hall–Kier alpha value is -1.91. The van der Waals surface area contributed by atoms with Crippen molar-refractivity contribution in [1.82, 2.24) is 5.32 Å². The van der Waals surface area contributed by atoms with E-state index >= 15 is 0 Å². The van der Waals surface area contributed by atoms with Crippen LogP contribution in [0.4, 0.5) is 0 Å². The van der Waals surface area contributed by atoms with Gasteiger partial charge >= 0.3 is 0 Å². The van der Waals surface area contributed by atoms with Crippen LogP contribution in [0.15, 0.2) is 48.5 Å². The van der Waals surface area contributed by atoms with Crippen LogP contribution in [0.2, 0.25) is 0 Å². The van der Waals surface area contributed by atoms with Crippen LogP contribution in [0.3, 0.4) is 0 Å². The van der Waals surface area contributed by atoms with Crippen molar-refractivity contribution in [2.45, 2.75) is 19.1 Å².